The molecule has 0 bridgehead atoms. The third-order valence-corrected chi connectivity index (χ3v) is 4.27. The molecule has 0 spiro atoms. The number of phenolic OH excluding ortho intramolecular Hbond substituents is 1. The van der Waals surface area contributed by atoms with Gasteiger partial charge in [0.2, 0.25) is 0 Å². The van der Waals surface area contributed by atoms with Crippen molar-refractivity contribution < 1.29 is 5.11 Å². The van der Waals surface area contributed by atoms with Gasteiger partial charge in [0.25, 0.3) is 0 Å². The minimum atomic E-state index is -0.146. The van der Waals surface area contributed by atoms with E-state index in [4.69, 9.17) is 0 Å². The van der Waals surface area contributed by atoms with Crippen LogP contribution in [0.25, 0.3) is 0 Å². The SMILES string of the molecule is C/C(=N\Nc1ccccc1)c1cc(C(C)(C)C)c(O)c(C(C)(C)C)c1. The summed E-state index contributed by atoms with van der Waals surface area (Å²) in [5.74, 6) is 0.396. The van der Waals surface area contributed by atoms with Crippen molar-refractivity contribution >= 4 is 11.4 Å². The molecular formula is C22H30N2O. The summed E-state index contributed by atoms with van der Waals surface area (Å²) in [6.07, 6.45) is 0. The Kier molecular flexibility index (Phi) is 5.26. The average Bonchev–Trinajstić information content (AvgIpc) is 2.51. The quantitative estimate of drug-likeness (QED) is 0.547. The predicted molar refractivity (Wildman–Crippen MR) is 108 cm³/mol. The molecule has 0 unspecified atom stereocenters. The molecule has 2 aromatic rings. The maximum atomic E-state index is 10.8. The van der Waals surface area contributed by atoms with Gasteiger partial charge in [-0.2, -0.15) is 5.10 Å². The van der Waals surface area contributed by atoms with Gasteiger partial charge >= 0.3 is 0 Å². The fourth-order valence-corrected chi connectivity index (χ4v) is 2.71. The summed E-state index contributed by atoms with van der Waals surface area (Å²) in [7, 11) is 0. The molecule has 0 aromatic heterocycles. The smallest absolute Gasteiger partial charge is 0.123 e. The van der Waals surface area contributed by atoms with Crippen LogP contribution >= 0.6 is 0 Å². The standard InChI is InChI=1S/C22H30N2O/c1-15(23-24-17-11-9-8-10-12-17)16-13-18(21(2,3)4)20(25)19(14-16)22(5,6)7/h8-14,24-25H,1-7H3/b23-15+. The van der Waals surface area contributed by atoms with Crippen molar-refractivity contribution in [2.45, 2.75) is 59.3 Å². The van der Waals surface area contributed by atoms with Gasteiger partial charge in [-0.15, -0.1) is 0 Å². The van der Waals surface area contributed by atoms with Gasteiger partial charge < -0.3 is 5.11 Å². The molecule has 0 amide bonds. The molecule has 2 N–H and O–H groups in total. The lowest BCUT2D eigenvalue weighted by Crippen LogP contribution is -2.18. The summed E-state index contributed by atoms with van der Waals surface area (Å²) >= 11 is 0. The van der Waals surface area contributed by atoms with Gasteiger partial charge in [-0.3, -0.25) is 5.43 Å². The molecule has 0 heterocycles. The topological polar surface area (TPSA) is 44.6 Å². The summed E-state index contributed by atoms with van der Waals surface area (Å²) in [5, 5.41) is 15.3. The number of nitrogens with one attached hydrogen (secondary N) is 1. The first-order valence-electron chi connectivity index (χ1n) is 8.74. The molecule has 25 heavy (non-hydrogen) atoms. The summed E-state index contributed by atoms with van der Waals surface area (Å²) in [5.41, 5.74) is 7.57. The highest BCUT2D eigenvalue weighted by Crippen LogP contribution is 2.39. The van der Waals surface area contributed by atoms with Gasteiger partial charge in [0.05, 0.1) is 11.4 Å². The summed E-state index contributed by atoms with van der Waals surface area (Å²) in [6, 6.07) is 14.0. The maximum Gasteiger partial charge on any atom is 0.123 e. The third-order valence-electron chi connectivity index (χ3n) is 4.27. The first-order chi connectivity index (χ1) is 11.5. The Morgan fingerprint density at radius 3 is 1.80 bits per heavy atom. The average molecular weight is 338 g/mol. The second-order valence-electron chi connectivity index (χ2n) is 8.60. The van der Waals surface area contributed by atoms with Crippen molar-refractivity contribution in [1.82, 2.24) is 0 Å². The highest BCUT2D eigenvalue weighted by molar-refractivity contribution is 5.99. The van der Waals surface area contributed by atoms with Crippen LogP contribution in [0.2, 0.25) is 0 Å². The van der Waals surface area contributed by atoms with Crippen molar-refractivity contribution in [2.24, 2.45) is 5.10 Å². The fraction of sp³-hybridized carbons (Fsp3) is 0.409. The molecule has 0 fully saturated rings. The molecular weight excluding hydrogens is 308 g/mol. The largest absolute Gasteiger partial charge is 0.507 e. The number of rotatable bonds is 3. The number of nitrogens with zero attached hydrogens (tertiary/aromatic N) is 1. The lowest BCUT2D eigenvalue weighted by atomic mass is 9.78. The Hall–Kier alpha value is -2.29. The van der Waals surface area contributed by atoms with E-state index < -0.39 is 0 Å². The highest BCUT2D eigenvalue weighted by Gasteiger charge is 2.26. The second-order valence-corrected chi connectivity index (χ2v) is 8.60. The van der Waals surface area contributed by atoms with E-state index >= 15 is 0 Å². The zero-order chi connectivity index (χ0) is 18.8. The zero-order valence-corrected chi connectivity index (χ0v) is 16.4. The van der Waals surface area contributed by atoms with Crippen molar-refractivity contribution in [3.05, 3.63) is 59.2 Å². The Balaban J connectivity index is 2.50. The lowest BCUT2D eigenvalue weighted by molar-refractivity contribution is 0.423. The van der Waals surface area contributed by atoms with Gasteiger partial charge in [0, 0.05) is 11.1 Å². The molecule has 0 aliphatic carbocycles. The third kappa shape index (κ3) is 4.62. The van der Waals surface area contributed by atoms with Gasteiger partial charge in [-0.25, -0.2) is 0 Å². The van der Waals surface area contributed by atoms with Crippen LogP contribution in [0, 0.1) is 0 Å². The monoisotopic (exact) mass is 338 g/mol. The van der Waals surface area contributed by atoms with E-state index in [9.17, 15) is 5.11 Å². The number of phenols is 1. The van der Waals surface area contributed by atoms with E-state index in [2.05, 4.69) is 64.2 Å². The molecule has 0 aliphatic heterocycles. The van der Waals surface area contributed by atoms with Crippen LogP contribution in [-0.4, -0.2) is 10.8 Å². The molecule has 3 heteroatoms. The highest BCUT2D eigenvalue weighted by atomic mass is 16.3. The van der Waals surface area contributed by atoms with Crippen LogP contribution in [0.5, 0.6) is 5.75 Å². The Morgan fingerprint density at radius 1 is 0.880 bits per heavy atom. The molecule has 134 valence electrons. The number of hydrogen-bond acceptors (Lipinski definition) is 3. The second kappa shape index (κ2) is 6.91. The minimum Gasteiger partial charge on any atom is -0.507 e. The minimum absolute atomic E-state index is 0.146. The Morgan fingerprint density at radius 2 is 1.36 bits per heavy atom. The summed E-state index contributed by atoms with van der Waals surface area (Å²) in [6.45, 7) is 14.7. The Bertz CT molecular complexity index is 728. The predicted octanol–water partition coefficient (Wildman–Crippen LogP) is 5.82. The van der Waals surface area contributed by atoms with Crippen LogP contribution < -0.4 is 5.43 Å². The van der Waals surface area contributed by atoms with Gasteiger partial charge in [0.15, 0.2) is 0 Å². The van der Waals surface area contributed by atoms with Crippen LogP contribution in [0.1, 0.15) is 65.2 Å². The van der Waals surface area contributed by atoms with E-state index in [1.807, 2.05) is 37.3 Å². The summed E-state index contributed by atoms with van der Waals surface area (Å²) in [4.78, 5) is 0. The van der Waals surface area contributed by atoms with E-state index in [1.54, 1.807) is 0 Å². The van der Waals surface area contributed by atoms with Crippen molar-refractivity contribution in [1.29, 1.82) is 0 Å². The van der Waals surface area contributed by atoms with Crippen molar-refractivity contribution in [3.63, 3.8) is 0 Å². The zero-order valence-electron chi connectivity index (χ0n) is 16.4. The van der Waals surface area contributed by atoms with Gasteiger partial charge in [0.1, 0.15) is 5.75 Å². The van der Waals surface area contributed by atoms with Crippen molar-refractivity contribution in [3.8, 4) is 5.75 Å². The number of benzene rings is 2. The number of hydrogen-bond donors (Lipinski definition) is 2. The fourth-order valence-electron chi connectivity index (χ4n) is 2.71. The van der Waals surface area contributed by atoms with Crippen LogP contribution in [0.4, 0.5) is 5.69 Å². The maximum absolute atomic E-state index is 10.8. The molecule has 3 nitrogen and oxygen atoms in total. The van der Waals surface area contributed by atoms with E-state index in [1.165, 1.54) is 0 Å². The summed E-state index contributed by atoms with van der Waals surface area (Å²) < 4.78 is 0. The molecule has 0 saturated heterocycles. The number of hydrazone groups is 1. The first kappa shape index (κ1) is 19.0. The molecule has 0 radical (unpaired) electrons. The van der Waals surface area contributed by atoms with Gasteiger partial charge in [-0.1, -0.05) is 59.7 Å². The van der Waals surface area contributed by atoms with E-state index in [0.29, 0.717) is 5.75 Å². The molecule has 2 aromatic carbocycles. The number of anilines is 1. The van der Waals surface area contributed by atoms with Crippen LogP contribution in [0.3, 0.4) is 0 Å². The van der Waals surface area contributed by atoms with Crippen LogP contribution in [0.15, 0.2) is 47.6 Å². The number of para-hydroxylation sites is 1. The van der Waals surface area contributed by atoms with Crippen molar-refractivity contribution in [2.75, 3.05) is 5.43 Å². The molecule has 0 saturated carbocycles. The van der Waals surface area contributed by atoms with E-state index in [-0.39, 0.29) is 10.8 Å². The molecule has 0 atom stereocenters. The molecule has 2 rings (SSSR count). The normalized spacial score (nSPS) is 13.0. The first-order valence-corrected chi connectivity index (χ1v) is 8.74. The van der Waals surface area contributed by atoms with Gasteiger partial charge in [-0.05, 0) is 47.6 Å². The Labute approximate surface area is 151 Å². The van der Waals surface area contributed by atoms with E-state index in [0.717, 1.165) is 28.1 Å². The van der Waals surface area contributed by atoms with Crippen LogP contribution in [-0.2, 0) is 10.8 Å². The lowest BCUT2D eigenvalue weighted by Gasteiger charge is -2.28. The molecule has 0 aliphatic rings. The number of aromatic hydroxyl groups is 1.